The van der Waals surface area contributed by atoms with E-state index in [1.165, 1.54) is 4.90 Å². The van der Waals surface area contributed by atoms with E-state index in [0.717, 1.165) is 6.42 Å². The number of fused-ring (bicyclic) bond motifs is 1. The van der Waals surface area contributed by atoms with E-state index in [-0.39, 0.29) is 30.3 Å². The Morgan fingerprint density at radius 2 is 1.78 bits per heavy atom. The predicted molar refractivity (Wildman–Crippen MR) is 120 cm³/mol. The molecule has 1 aromatic heterocycles. The van der Waals surface area contributed by atoms with Gasteiger partial charge in [0, 0.05) is 24.1 Å². The molecule has 32 heavy (non-hydrogen) atoms. The Labute approximate surface area is 184 Å². The van der Waals surface area contributed by atoms with Gasteiger partial charge in [0.1, 0.15) is 11.6 Å². The molecule has 0 radical (unpaired) electrons. The average molecular weight is 427 g/mol. The molecule has 0 N–H and O–H groups in total. The summed E-state index contributed by atoms with van der Waals surface area (Å²) in [4.78, 5) is 44.9. The summed E-state index contributed by atoms with van der Waals surface area (Å²) in [5.41, 5.74) is 2.09. The number of allylic oxidation sites excluding steroid dienone is 1. The van der Waals surface area contributed by atoms with E-state index >= 15 is 0 Å². The maximum Gasteiger partial charge on any atom is 0.265 e. The topological polar surface area (TPSA) is 81.5 Å². The van der Waals surface area contributed by atoms with Gasteiger partial charge in [-0.25, -0.2) is 4.98 Å². The summed E-state index contributed by atoms with van der Waals surface area (Å²) in [5, 5.41) is 0.502. The number of hydrogen-bond donors (Lipinski definition) is 0. The first kappa shape index (κ1) is 19.9. The average Bonchev–Trinajstić information content (AvgIpc) is 3.08. The molecular weight excluding hydrogens is 406 g/mol. The summed E-state index contributed by atoms with van der Waals surface area (Å²) in [6, 6.07) is 14.3. The first-order chi connectivity index (χ1) is 15.6. The van der Waals surface area contributed by atoms with Gasteiger partial charge < -0.3 is 4.74 Å². The summed E-state index contributed by atoms with van der Waals surface area (Å²) in [6.07, 6.45) is 5.25. The standard InChI is InChI=1S/C25H21N3O4/c1-32-17-12-10-16(11-13-17)28-22(26-21-9-5-4-8-20(21)25(28)31)14-15-27-23(29)18-6-2-3-7-19(18)24(27)30/h2,4-6,8-13H,3,7,14-15H2,1H3. The van der Waals surface area contributed by atoms with Crippen molar-refractivity contribution in [3.8, 4) is 11.4 Å². The highest BCUT2D eigenvalue weighted by molar-refractivity contribution is 6.20. The zero-order valence-corrected chi connectivity index (χ0v) is 17.6. The van der Waals surface area contributed by atoms with Crippen LogP contribution in [0.3, 0.4) is 0 Å². The predicted octanol–water partition coefficient (Wildman–Crippen LogP) is 2.95. The van der Waals surface area contributed by atoms with E-state index in [1.54, 1.807) is 60.2 Å². The van der Waals surface area contributed by atoms with Gasteiger partial charge in [0.05, 0.1) is 23.7 Å². The highest BCUT2D eigenvalue weighted by Crippen LogP contribution is 2.29. The van der Waals surface area contributed by atoms with Crippen molar-refractivity contribution in [2.75, 3.05) is 13.7 Å². The lowest BCUT2D eigenvalue weighted by Crippen LogP contribution is -2.35. The maximum atomic E-state index is 13.4. The van der Waals surface area contributed by atoms with Crippen LogP contribution >= 0.6 is 0 Å². The molecule has 0 spiro atoms. The number of carbonyl (C=O) groups excluding carboxylic acids is 2. The number of nitrogens with zero attached hydrogens (tertiary/aromatic N) is 3. The van der Waals surface area contributed by atoms with E-state index in [1.807, 2.05) is 12.1 Å². The summed E-state index contributed by atoms with van der Waals surface area (Å²) < 4.78 is 6.77. The Balaban J connectivity index is 1.53. The molecule has 2 aliphatic rings. The van der Waals surface area contributed by atoms with Crippen LogP contribution in [0.5, 0.6) is 5.75 Å². The Hall–Kier alpha value is -4.00. The monoisotopic (exact) mass is 427 g/mol. The van der Waals surface area contributed by atoms with Crippen molar-refractivity contribution < 1.29 is 14.3 Å². The van der Waals surface area contributed by atoms with Crippen LogP contribution < -0.4 is 10.3 Å². The summed E-state index contributed by atoms with van der Waals surface area (Å²) in [7, 11) is 1.58. The van der Waals surface area contributed by atoms with E-state index in [2.05, 4.69) is 0 Å². The summed E-state index contributed by atoms with van der Waals surface area (Å²) in [6.45, 7) is 0.152. The molecule has 7 nitrogen and oxygen atoms in total. The number of carbonyl (C=O) groups is 2. The third-order valence-corrected chi connectivity index (χ3v) is 5.88. The Bertz CT molecular complexity index is 1370. The lowest BCUT2D eigenvalue weighted by molar-refractivity contribution is -0.137. The van der Waals surface area contributed by atoms with Crippen LogP contribution in [0.4, 0.5) is 0 Å². The van der Waals surface area contributed by atoms with Crippen molar-refractivity contribution in [3.05, 3.63) is 88.0 Å². The third kappa shape index (κ3) is 3.22. The fourth-order valence-corrected chi connectivity index (χ4v) is 4.25. The number of imide groups is 1. The minimum atomic E-state index is -0.278. The number of para-hydroxylation sites is 1. The van der Waals surface area contributed by atoms with Gasteiger partial charge in [0.25, 0.3) is 17.4 Å². The molecule has 1 aliphatic heterocycles. The Kier molecular flexibility index (Phi) is 4.93. The molecule has 0 atom stereocenters. The van der Waals surface area contributed by atoms with Crippen LogP contribution in [0.25, 0.3) is 16.6 Å². The quantitative estimate of drug-likeness (QED) is 0.585. The molecule has 0 saturated carbocycles. The van der Waals surface area contributed by atoms with E-state index in [4.69, 9.17) is 9.72 Å². The van der Waals surface area contributed by atoms with Gasteiger partial charge in [-0.2, -0.15) is 0 Å². The SMILES string of the molecule is COc1ccc(-n2c(CCN3C(=O)C4=C(CCC=C4)C3=O)nc3ccccc3c2=O)cc1. The lowest BCUT2D eigenvalue weighted by atomic mass is 10.00. The number of hydrogen-bond acceptors (Lipinski definition) is 5. The van der Waals surface area contributed by atoms with Gasteiger partial charge in [0.2, 0.25) is 0 Å². The first-order valence-electron chi connectivity index (χ1n) is 10.5. The zero-order chi connectivity index (χ0) is 22.2. The number of amides is 2. The summed E-state index contributed by atoms with van der Waals surface area (Å²) in [5.74, 6) is 0.642. The van der Waals surface area contributed by atoms with Crippen LogP contribution in [0.1, 0.15) is 18.7 Å². The molecule has 0 bridgehead atoms. The minimum Gasteiger partial charge on any atom is -0.497 e. The molecule has 1 aliphatic carbocycles. The first-order valence-corrected chi connectivity index (χ1v) is 10.5. The van der Waals surface area contributed by atoms with Crippen LogP contribution in [-0.4, -0.2) is 39.9 Å². The van der Waals surface area contributed by atoms with E-state index in [0.29, 0.717) is 45.7 Å². The zero-order valence-electron chi connectivity index (χ0n) is 17.6. The molecule has 5 rings (SSSR count). The van der Waals surface area contributed by atoms with Crippen LogP contribution in [0, 0.1) is 0 Å². The van der Waals surface area contributed by atoms with E-state index < -0.39 is 0 Å². The molecule has 2 amide bonds. The van der Waals surface area contributed by atoms with Gasteiger partial charge in [-0.1, -0.05) is 24.3 Å². The number of benzene rings is 2. The van der Waals surface area contributed by atoms with Gasteiger partial charge >= 0.3 is 0 Å². The van der Waals surface area contributed by atoms with Crippen molar-refractivity contribution in [2.45, 2.75) is 19.3 Å². The lowest BCUT2D eigenvalue weighted by Gasteiger charge is -2.18. The summed E-state index contributed by atoms with van der Waals surface area (Å²) >= 11 is 0. The molecule has 160 valence electrons. The van der Waals surface area contributed by atoms with Crippen molar-refractivity contribution in [2.24, 2.45) is 0 Å². The molecule has 0 fully saturated rings. The van der Waals surface area contributed by atoms with Crippen LogP contribution in [-0.2, 0) is 16.0 Å². The maximum absolute atomic E-state index is 13.4. The highest BCUT2D eigenvalue weighted by atomic mass is 16.5. The van der Waals surface area contributed by atoms with Gasteiger partial charge in [-0.3, -0.25) is 23.9 Å². The molecule has 2 heterocycles. The fourth-order valence-electron chi connectivity index (χ4n) is 4.25. The normalized spacial score (nSPS) is 15.6. The molecule has 0 saturated heterocycles. The molecule has 7 heteroatoms. The van der Waals surface area contributed by atoms with Crippen LogP contribution in [0.2, 0.25) is 0 Å². The second kappa shape index (κ2) is 7.92. The molecule has 0 unspecified atom stereocenters. The van der Waals surface area contributed by atoms with Gasteiger partial charge in [-0.05, 0) is 49.2 Å². The molecule has 2 aromatic carbocycles. The van der Waals surface area contributed by atoms with Gasteiger partial charge in [-0.15, -0.1) is 0 Å². The highest BCUT2D eigenvalue weighted by Gasteiger charge is 2.37. The van der Waals surface area contributed by atoms with Crippen molar-refractivity contribution in [1.82, 2.24) is 14.5 Å². The fraction of sp³-hybridized carbons (Fsp3) is 0.200. The van der Waals surface area contributed by atoms with Gasteiger partial charge in [0.15, 0.2) is 0 Å². The number of methoxy groups -OCH3 is 1. The third-order valence-electron chi connectivity index (χ3n) is 5.88. The second-order valence-corrected chi connectivity index (χ2v) is 7.73. The smallest absolute Gasteiger partial charge is 0.265 e. The largest absolute Gasteiger partial charge is 0.497 e. The number of ether oxygens (including phenoxy) is 1. The number of rotatable bonds is 5. The second-order valence-electron chi connectivity index (χ2n) is 7.73. The van der Waals surface area contributed by atoms with Crippen molar-refractivity contribution in [3.63, 3.8) is 0 Å². The van der Waals surface area contributed by atoms with E-state index in [9.17, 15) is 14.4 Å². The Morgan fingerprint density at radius 1 is 1.00 bits per heavy atom. The van der Waals surface area contributed by atoms with Crippen molar-refractivity contribution >= 4 is 22.7 Å². The Morgan fingerprint density at radius 3 is 2.53 bits per heavy atom. The molecular formula is C25H21N3O4. The van der Waals surface area contributed by atoms with Crippen molar-refractivity contribution in [1.29, 1.82) is 0 Å². The number of aromatic nitrogens is 2. The van der Waals surface area contributed by atoms with Crippen LogP contribution in [0.15, 0.2) is 76.6 Å². The minimum absolute atomic E-state index is 0.152. The molecule has 3 aromatic rings.